The number of rotatable bonds is 8. The minimum atomic E-state index is -6.30. The number of halogens is 12. The first-order valence-corrected chi connectivity index (χ1v) is 11.8. The fourth-order valence-electron chi connectivity index (χ4n) is 4.19. The summed E-state index contributed by atoms with van der Waals surface area (Å²) in [6, 6.07) is -0.563. The summed E-state index contributed by atoms with van der Waals surface area (Å²) in [7, 11) is 0. The summed E-state index contributed by atoms with van der Waals surface area (Å²) in [4.78, 5) is 46.0. The molecule has 22 heteroatoms. The van der Waals surface area contributed by atoms with Crippen LogP contribution >= 0.6 is 0 Å². The Hall–Kier alpha value is -5.70. The molecular formula is C26H10F12O10. The van der Waals surface area contributed by atoms with Crippen LogP contribution in [-0.4, -0.2) is 44.3 Å². The maximum atomic E-state index is 14.2. The fourth-order valence-corrected chi connectivity index (χ4v) is 4.19. The molecule has 10 nitrogen and oxygen atoms in total. The molecule has 0 aliphatic rings. The summed E-state index contributed by atoms with van der Waals surface area (Å²) in [5.41, 5.74) is -18.4. The Labute approximate surface area is 255 Å². The maximum Gasteiger partial charge on any atom is 0.420 e. The smallest absolute Gasteiger partial charge is 0.420 e. The van der Waals surface area contributed by atoms with Crippen molar-refractivity contribution >= 4 is 23.9 Å². The Balaban J connectivity index is 2.55. The van der Waals surface area contributed by atoms with Crippen LogP contribution in [0.5, 0.6) is 23.0 Å². The van der Waals surface area contributed by atoms with E-state index in [1.807, 2.05) is 0 Å². The Morgan fingerprint density at radius 2 is 0.792 bits per heavy atom. The van der Waals surface area contributed by atoms with E-state index in [0.717, 1.165) is 0 Å². The van der Waals surface area contributed by atoms with Crippen LogP contribution in [0.1, 0.15) is 63.7 Å². The van der Waals surface area contributed by atoms with E-state index in [9.17, 15) is 82.1 Å². The quantitative estimate of drug-likeness (QED) is 0.168. The third-order valence-corrected chi connectivity index (χ3v) is 5.93. The summed E-state index contributed by atoms with van der Waals surface area (Å²) in [5, 5.41) is 36.9. The Bertz CT molecular complexity index is 1840. The SMILES string of the molecule is O=C(O)c1ccc(Oc2ccc(C(F)(F)F)c(C(F)(F)F)c2Oc2ccc(C(=O)O)c(C(=O)O)c2C(F)(F)F)c(C(F)(F)F)c1C(=O)O. The Morgan fingerprint density at radius 3 is 1.10 bits per heavy atom. The van der Waals surface area contributed by atoms with E-state index in [-0.39, 0.29) is 30.3 Å². The summed E-state index contributed by atoms with van der Waals surface area (Å²) >= 11 is 0. The van der Waals surface area contributed by atoms with Crippen molar-refractivity contribution in [2.75, 3.05) is 0 Å². The van der Waals surface area contributed by atoms with Gasteiger partial charge >= 0.3 is 48.6 Å². The first kappa shape index (κ1) is 36.8. The minimum absolute atomic E-state index is 0.0127. The molecule has 0 aliphatic carbocycles. The fraction of sp³-hybridized carbons (Fsp3) is 0.154. The third kappa shape index (κ3) is 7.15. The van der Waals surface area contributed by atoms with Crippen LogP contribution in [0.3, 0.4) is 0 Å². The molecule has 0 radical (unpaired) electrons. The molecule has 0 aliphatic heterocycles. The second-order valence-corrected chi connectivity index (χ2v) is 8.95. The highest BCUT2D eigenvalue weighted by Crippen LogP contribution is 2.53. The van der Waals surface area contributed by atoms with E-state index in [1.165, 1.54) is 0 Å². The molecule has 0 fully saturated rings. The Morgan fingerprint density at radius 1 is 0.438 bits per heavy atom. The van der Waals surface area contributed by atoms with Gasteiger partial charge in [-0.05, 0) is 36.4 Å². The summed E-state index contributed by atoms with van der Waals surface area (Å²) < 4.78 is 177. The lowest BCUT2D eigenvalue weighted by Crippen LogP contribution is -2.21. The van der Waals surface area contributed by atoms with Gasteiger partial charge in [-0.1, -0.05) is 0 Å². The normalized spacial score (nSPS) is 12.4. The number of aromatic carboxylic acids is 4. The van der Waals surface area contributed by atoms with Gasteiger partial charge in [-0.3, -0.25) is 0 Å². The van der Waals surface area contributed by atoms with Crippen molar-refractivity contribution in [3.8, 4) is 23.0 Å². The molecule has 3 aromatic carbocycles. The summed E-state index contributed by atoms with van der Waals surface area (Å²) in [6.07, 6.45) is -24.3. The molecular weight excluding hydrogens is 700 g/mol. The number of carboxylic acid groups (broad SMARTS) is 4. The average molecular weight is 710 g/mol. The molecule has 0 atom stereocenters. The molecule has 0 saturated carbocycles. The molecule has 3 aromatic rings. The van der Waals surface area contributed by atoms with Crippen LogP contribution in [0, 0.1) is 0 Å². The van der Waals surface area contributed by atoms with Crippen LogP contribution in [0.2, 0.25) is 0 Å². The number of ether oxygens (including phenoxy) is 2. The van der Waals surface area contributed by atoms with Crippen molar-refractivity contribution in [1.29, 1.82) is 0 Å². The van der Waals surface area contributed by atoms with Gasteiger partial charge in [-0.25, -0.2) is 19.2 Å². The van der Waals surface area contributed by atoms with Gasteiger partial charge in [-0.15, -0.1) is 0 Å². The van der Waals surface area contributed by atoms with Gasteiger partial charge in [0.1, 0.15) is 28.2 Å². The zero-order valence-electron chi connectivity index (χ0n) is 22.2. The van der Waals surface area contributed by atoms with Gasteiger partial charge in [0.15, 0.2) is 11.5 Å². The zero-order valence-corrected chi connectivity index (χ0v) is 22.2. The second-order valence-electron chi connectivity index (χ2n) is 8.95. The molecule has 0 amide bonds. The molecule has 0 unspecified atom stereocenters. The van der Waals surface area contributed by atoms with Gasteiger partial charge in [-0.2, -0.15) is 52.7 Å². The van der Waals surface area contributed by atoms with Crippen molar-refractivity contribution in [3.63, 3.8) is 0 Å². The molecule has 0 heterocycles. The third-order valence-electron chi connectivity index (χ3n) is 5.93. The first-order chi connectivity index (χ1) is 21.7. The van der Waals surface area contributed by atoms with Crippen LogP contribution in [0.25, 0.3) is 0 Å². The highest BCUT2D eigenvalue weighted by atomic mass is 19.4. The van der Waals surface area contributed by atoms with Crippen molar-refractivity contribution in [2.45, 2.75) is 24.7 Å². The van der Waals surface area contributed by atoms with Crippen LogP contribution in [-0.2, 0) is 24.7 Å². The lowest BCUT2D eigenvalue weighted by Gasteiger charge is -2.24. The monoisotopic (exact) mass is 710 g/mol. The average Bonchev–Trinajstić information content (AvgIpc) is 2.90. The standard InChI is InChI=1S/C26H10F12O10/c27-23(28,29)9-3-6-12(47-10-4-1-7(19(39)40)13(21(43)44)16(10)25(33,34)35)18(15(9)24(30,31)32)48-11-5-2-8(20(41)42)14(22(45)46)17(11)26(36,37)38/h1-6H,(H,39,40)(H,41,42)(H,43,44)(H,45,46). The van der Waals surface area contributed by atoms with Gasteiger partial charge in [0.05, 0.1) is 27.8 Å². The minimum Gasteiger partial charge on any atom is -0.478 e. The molecule has 0 spiro atoms. The second kappa shape index (κ2) is 12.2. The number of benzene rings is 3. The first-order valence-electron chi connectivity index (χ1n) is 11.8. The number of hydrogen-bond donors (Lipinski definition) is 4. The van der Waals surface area contributed by atoms with Crippen molar-refractivity contribution in [1.82, 2.24) is 0 Å². The van der Waals surface area contributed by atoms with E-state index in [0.29, 0.717) is 0 Å². The van der Waals surface area contributed by atoms with E-state index >= 15 is 0 Å². The predicted molar refractivity (Wildman–Crippen MR) is 127 cm³/mol. The highest BCUT2D eigenvalue weighted by Gasteiger charge is 2.49. The molecule has 3 rings (SSSR count). The topological polar surface area (TPSA) is 168 Å². The van der Waals surface area contributed by atoms with E-state index in [2.05, 4.69) is 9.47 Å². The summed E-state index contributed by atoms with van der Waals surface area (Å²) in [6.45, 7) is 0. The molecule has 258 valence electrons. The van der Waals surface area contributed by atoms with Gasteiger partial charge < -0.3 is 29.9 Å². The van der Waals surface area contributed by atoms with Crippen LogP contribution in [0.4, 0.5) is 52.7 Å². The summed E-state index contributed by atoms with van der Waals surface area (Å²) in [5.74, 6) is -18.3. The lowest BCUT2D eigenvalue weighted by molar-refractivity contribution is -0.163. The molecule has 0 bridgehead atoms. The number of alkyl halides is 12. The number of carbonyl (C=O) groups is 4. The van der Waals surface area contributed by atoms with Gasteiger partial charge in [0, 0.05) is 0 Å². The molecule has 48 heavy (non-hydrogen) atoms. The lowest BCUT2D eigenvalue weighted by atomic mass is 9.98. The molecule has 0 aromatic heterocycles. The largest absolute Gasteiger partial charge is 0.478 e. The Kier molecular flexibility index (Phi) is 9.31. The van der Waals surface area contributed by atoms with Crippen molar-refractivity contribution in [3.05, 3.63) is 80.9 Å². The number of hydrogen-bond acceptors (Lipinski definition) is 6. The maximum absolute atomic E-state index is 14.2. The van der Waals surface area contributed by atoms with E-state index < -0.39 is 122 Å². The van der Waals surface area contributed by atoms with Gasteiger partial charge in [0.25, 0.3) is 0 Å². The highest BCUT2D eigenvalue weighted by molar-refractivity contribution is 6.04. The van der Waals surface area contributed by atoms with Crippen LogP contribution in [0.15, 0.2) is 36.4 Å². The van der Waals surface area contributed by atoms with Crippen LogP contribution < -0.4 is 9.47 Å². The van der Waals surface area contributed by atoms with E-state index in [1.54, 1.807) is 0 Å². The van der Waals surface area contributed by atoms with Gasteiger partial charge in [0.2, 0.25) is 0 Å². The molecule has 4 N–H and O–H groups in total. The predicted octanol–water partition coefficient (Wildman–Crippen LogP) is 8.14. The van der Waals surface area contributed by atoms with E-state index in [4.69, 9.17) is 10.2 Å². The zero-order chi connectivity index (χ0) is 36.9. The van der Waals surface area contributed by atoms with Crippen molar-refractivity contribution < 1.29 is 102 Å². The number of carboxylic acids is 4. The van der Waals surface area contributed by atoms with Crippen molar-refractivity contribution in [2.24, 2.45) is 0 Å². The molecule has 0 saturated heterocycles.